The smallest absolute Gasteiger partial charge is 0.349 e. The van der Waals surface area contributed by atoms with Crippen molar-refractivity contribution >= 4 is 28.3 Å². The van der Waals surface area contributed by atoms with E-state index in [9.17, 15) is 24.1 Å². The largest absolute Gasteiger partial charge is 0.422 e. The number of amides is 1. The number of hydrogen-bond donors (Lipinski definition) is 1. The highest BCUT2D eigenvalue weighted by Gasteiger charge is 2.16. The molecule has 1 amide bonds. The van der Waals surface area contributed by atoms with Gasteiger partial charge in [0.15, 0.2) is 0 Å². The van der Waals surface area contributed by atoms with Crippen molar-refractivity contribution in [3.05, 3.63) is 79.9 Å². The van der Waals surface area contributed by atoms with Gasteiger partial charge in [-0.15, -0.1) is 0 Å². The van der Waals surface area contributed by atoms with Crippen LogP contribution in [-0.2, 0) is 0 Å². The molecule has 1 N–H and O–H groups in total. The Balaban J connectivity index is 2.01. The first-order valence-corrected chi connectivity index (χ1v) is 7.15. The number of non-ortho nitro benzene ring substituents is 1. The summed E-state index contributed by atoms with van der Waals surface area (Å²) in [6.07, 6.45) is 0. The lowest BCUT2D eigenvalue weighted by molar-refractivity contribution is -0.384. The van der Waals surface area contributed by atoms with Gasteiger partial charge in [-0.3, -0.25) is 14.9 Å². The van der Waals surface area contributed by atoms with E-state index in [1.165, 1.54) is 42.5 Å². The van der Waals surface area contributed by atoms with Crippen LogP contribution in [0, 0.1) is 22.9 Å². The molecule has 0 saturated carbocycles. The second kappa shape index (κ2) is 6.16. The minimum Gasteiger partial charge on any atom is -0.422 e. The monoisotopic (exact) mass is 342 g/mol. The summed E-state index contributed by atoms with van der Waals surface area (Å²) in [5.41, 5.74) is -0.429. The van der Waals surface area contributed by atoms with Crippen molar-refractivity contribution in [3.63, 3.8) is 0 Å². The molecule has 0 aliphatic carbocycles. The van der Waals surface area contributed by atoms with Gasteiger partial charge in [0.05, 0.1) is 4.92 Å². The Bertz CT molecular complexity index is 1070. The van der Waals surface area contributed by atoms with Crippen LogP contribution in [0.15, 0.2) is 51.7 Å². The summed E-state index contributed by atoms with van der Waals surface area (Å²) in [4.78, 5) is 34.6. The summed E-state index contributed by atoms with van der Waals surface area (Å²) in [7, 11) is 0. The molecular weight excluding hydrogens is 331 g/mol. The molecular formula is C17H11FN2O5. The zero-order chi connectivity index (χ0) is 18.1. The van der Waals surface area contributed by atoms with Crippen LogP contribution in [-0.4, -0.2) is 10.8 Å². The van der Waals surface area contributed by atoms with E-state index in [1.54, 1.807) is 6.92 Å². The molecule has 1 heterocycles. The van der Waals surface area contributed by atoms with Crippen LogP contribution in [0.1, 0.15) is 15.9 Å². The van der Waals surface area contributed by atoms with Gasteiger partial charge in [-0.1, -0.05) is 0 Å². The molecule has 8 heteroatoms. The molecule has 25 heavy (non-hydrogen) atoms. The van der Waals surface area contributed by atoms with Crippen LogP contribution >= 0.6 is 0 Å². The van der Waals surface area contributed by atoms with Crippen LogP contribution in [0.4, 0.5) is 15.8 Å². The van der Waals surface area contributed by atoms with E-state index >= 15 is 0 Å². The third-order valence-corrected chi connectivity index (χ3v) is 3.61. The highest BCUT2D eigenvalue weighted by molar-refractivity contribution is 6.05. The van der Waals surface area contributed by atoms with Gasteiger partial charge in [-0.2, -0.15) is 0 Å². The topological polar surface area (TPSA) is 102 Å². The van der Waals surface area contributed by atoms with Crippen molar-refractivity contribution < 1.29 is 18.5 Å². The summed E-state index contributed by atoms with van der Waals surface area (Å²) >= 11 is 0. The number of nitro groups is 1. The fraction of sp³-hybridized carbons (Fsp3) is 0.0588. The van der Waals surface area contributed by atoms with Gasteiger partial charge < -0.3 is 9.73 Å². The van der Waals surface area contributed by atoms with Crippen LogP contribution in [0.5, 0.6) is 0 Å². The predicted molar refractivity (Wildman–Crippen MR) is 88.2 cm³/mol. The summed E-state index contributed by atoms with van der Waals surface area (Å²) in [5.74, 6) is -1.20. The number of hydrogen-bond acceptors (Lipinski definition) is 5. The second-order valence-corrected chi connectivity index (χ2v) is 5.34. The number of anilines is 1. The minimum absolute atomic E-state index is 0.130. The average molecular weight is 342 g/mol. The van der Waals surface area contributed by atoms with Gasteiger partial charge in [-0.25, -0.2) is 9.18 Å². The van der Waals surface area contributed by atoms with Gasteiger partial charge in [0.25, 0.3) is 11.6 Å². The molecule has 0 bridgehead atoms. The predicted octanol–water partition coefficient (Wildman–Crippen LogP) is 3.40. The molecule has 0 fully saturated rings. The fourth-order valence-electron chi connectivity index (χ4n) is 2.34. The summed E-state index contributed by atoms with van der Waals surface area (Å²) < 4.78 is 18.2. The number of nitrogens with zero attached hydrogens (tertiary/aromatic N) is 1. The Hall–Kier alpha value is -3.55. The van der Waals surface area contributed by atoms with E-state index in [1.807, 2.05) is 0 Å². The molecule has 0 atom stereocenters. The molecule has 0 radical (unpaired) electrons. The van der Waals surface area contributed by atoms with Gasteiger partial charge in [0, 0.05) is 23.2 Å². The quantitative estimate of drug-likeness (QED) is 0.446. The average Bonchev–Trinajstić information content (AvgIpc) is 2.56. The third-order valence-electron chi connectivity index (χ3n) is 3.61. The number of halogens is 1. The van der Waals surface area contributed by atoms with E-state index < -0.39 is 22.3 Å². The Labute approximate surface area is 139 Å². The molecule has 0 aliphatic heterocycles. The van der Waals surface area contributed by atoms with E-state index in [0.717, 1.165) is 0 Å². The van der Waals surface area contributed by atoms with Crippen LogP contribution in [0.3, 0.4) is 0 Å². The Morgan fingerprint density at radius 3 is 2.64 bits per heavy atom. The van der Waals surface area contributed by atoms with Gasteiger partial charge in [-0.05, 0) is 42.8 Å². The van der Waals surface area contributed by atoms with Crippen molar-refractivity contribution in [3.8, 4) is 0 Å². The third kappa shape index (κ3) is 3.23. The Morgan fingerprint density at radius 2 is 1.96 bits per heavy atom. The summed E-state index contributed by atoms with van der Waals surface area (Å²) in [6.45, 7) is 1.60. The maximum absolute atomic E-state index is 13.1. The summed E-state index contributed by atoms with van der Waals surface area (Å²) in [6, 6.07) is 8.71. The van der Waals surface area contributed by atoms with E-state index in [4.69, 9.17) is 4.42 Å². The summed E-state index contributed by atoms with van der Waals surface area (Å²) in [5, 5.41) is 13.6. The zero-order valence-electron chi connectivity index (χ0n) is 12.9. The Kier molecular flexibility index (Phi) is 4.02. The fourth-order valence-corrected chi connectivity index (χ4v) is 2.34. The maximum atomic E-state index is 13.1. The van der Waals surface area contributed by atoms with Crippen LogP contribution in [0.2, 0.25) is 0 Å². The number of carbonyl (C=O) groups excluding carboxylic acids is 1. The normalized spacial score (nSPS) is 10.6. The number of fused-ring (bicyclic) bond motifs is 1. The highest BCUT2D eigenvalue weighted by Crippen LogP contribution is 2.21. The van der Waals surface area contributed by atoms with E-state index in [-0.39, 0.29) is 22.2 Å². The molecule has 3 rings (SSSR count). The first-order chi connectivity index (χ1) is 11.8. The Morgan fingerprint density at radius 1 is 1.20 bits per heavy atom. The number of nitrogens with one attached hydrogen (secondary N) is 1. The molecule has 0 unspecified atom stereocenters. The first kappa shape index (κ1) is 16.3. The minimum atomic E-state index is -0.876. The molecule has 1 aromatic heterocycles. The van der Waals surface area contributed by atoms with Crippen molar-refractivity contribution in [1.82, 2.24) is 0 Å². The zero-order valence-corrected chi connectivity index (χ0v) is 12.9. The molecule has 0 aliphatic rings. The number of benzene rings is 2. The lowest BCUT2D eigenvalue weighted by Gasteiger charge is -2.08. The SMILES string of the molecule is Cc1cc(F)ccc1NC(=O)c1cc2cc([N+](=O)[O-])ccc2oc1=O. The number of carbonyl (C=O) groups is 1. The van der Waals surface area contributed by atoms with Crippen molar-refractivity contribution in [2.24, 2.45) is 0 Å². The number of aryl methyl sites for hydroxylation is 1. The molecule has 0 saturated heterocycles. The van der Waals surface area contributed by atoms with E-state index in [2.05, 4.69) is 5.32 Å². The molecule has 2 aromatic carbocycles. The van der Waals surface area contributed by atoms with Gasteiger partial charge in [0.1, 0.15) is 17.0 Å². The van der Waals surface area contributed by atoms with E-state index in [0.29, 0.717) is 11.3 Å². The number of nitro benzene ring substituents is 1. The molecule has 7 nitrogen and oxygen atoms in total. The van der Waals surface area contributed by atoms with Crippen LogP contribution < -0.4 is 10.9 Å². The van der Waals surface area contributed by atoms with Crippen LogP contribution in [0.25, 0.3) is 11.0 Å². The molecule has 0 spiro atoms. The van der Waals surface area contributed by atoms with Crippen molar-refractivity contribution in [2.45, 2.75) is 6.92 Å². The lowest BCUT2D eigenvalue weighted by atomic mass is 10.1. The molecule has 126 valence electrons. The highest BCUT2D eigenvalue weighted by atomic mass is 19.1. The maximum Gasteiger partial charge on any atom is 0.349 e. The second-order valence-electron chi connectivity index (χ2n) is 5.34. The first-order valence-electron chi connectivity index (χ1n) is 7.15. The van der Waals surface area contributed by atoms with Gasteiger partial charge >= 0.3 is 5.63 Å². The number of rotatable bonds is 3. The van der Waals surface area contributed by atoms with Gasteiger partial charge in [0.2, 0.25) is 0 Å². The molecule has 3 aromatic rings. The lowest BCUT2D eigenvalue weighted by Crippen LogP contribution is -2.21. The standard InChI is InChI=1S/C17H11FN2O5/c1-9-6-11(18)2-4-14(9)19-16(21)13-8-10-7-12(20(23)24)3-5-15(10)25-17(13)22/h2-8H,1H3,(H,19,21). The van der Waals surface area contributed by atoms with Crippen molar-refractivity contribution in [2.75, 3.05) is 5.32 Å². The van der Waals surface area contributed by atoms with Crippen molar-refractivity contribution in [1.29, 1.82) is 0 Å².